The maximum absolute atomic E-state index is 9.86. The Morgan fingerprint density at radius 1 is 1.40 bits per heavy atom. The molecule has 2 aromatic heterocycles. The van der Waals surface area contributed by atoms with Crippen molar-refractivity contribution in [3.05, 3.63) is 34.1 Å². The van der Waals surface area contributed by atoms with Gasteiger partial charge in [-0.2, -0.15) is 10.2 Å². The molecule has 2 N–H and O–H groups in total. The zero-order chi connectivity index (χ0) is 14.4. The quantitative estimate of drug-likeness (QED) is 0.763. The molecule has 1 aromatic carbocycles. The normalized spacial score (nSPS) is 13.1. The Bertz CT molecular complexity index is 791. The lowest BCUT2D eigenvalue weighted by atomic mass is 10.0. The maximum Gasteiger partial charge on any atom is 0.0990 e. The van der Waals surface area contributed by atoms with E-state index in [9.17, 15) is 5.11 Å². The van der Waals surface area contributed by atoms with Crippen molar-refractivity contribution in [1.29, 1.82) is 0 Å². The van der Waals surface area contributed by atoms with E-state index in [4.69, 9.17) is 23.2 Å². The Morgan fingerprint density at radius 3 is 2.75 bits per heavy atom. The van der Waals surface area contributed by atoms with E-state index in [0.29, 0.717) is 21.3 Å². The standard InChI is InChI=1S/C13H12Cl2N4O/c1-6(20)12-10-7(9-3-4-19(2)18-9)5-8(14)11(15)13(10)17-16-12/h3-6,20H,1-2H3,(H,16,17). The smallest absolute Gasteiger partial charge is 0.0990 e. The molecule has 0 bridgehead atoms. The minimum absolute atomic E-state index is 0.390. The SMILES string of the molecule is CC(O)c1n[nH]c2c(Cl)c(Cl)cc(-c3ccn(C)n3)c12. The Balaban J connectivity index is 2.40. The molecule has 0 aliphatic heterocycles. The van der Waals surface area contributed by atoms with Crippen LogP contribution in [0.15, 0.2) is 18.3 Å². The number of hydrogen-bond acceptors (Lipinski definition) is 3. The van der Waals surface area contributed by atoms with Gasteiger partial charge in [-0.3, -0.25) is 9.78 Å². The first kappa shape index (κ1) is 13.4. The van der Waals surface area contributed by atoms with Crippen molar-refractivity contribution in [3.8, 4) is 11.3 Å². The minimum atomic E-state index is -0.719. The number of rotatable bonds is 2. The molecule has 0 radical (unpaired) electrons. The number of nitrogens with zero attached hydrogens (tertiary/aromatic N) is 3. The highest BCUT2D eigenvalue weighted by Crippen LogP contribution is 2.39. The molecule has 1 atom stereocenters. The van der Waals surface area contributed by atoms with Crippen LogP contribution < -0.4 is 0 Å². The van der Waals surface area contributed by atoms with Crippen molar-refractivity contribution in [1.82, 2.24) is 20.0 Å². The summed E-state index contributed by atoms with van der Waals surface area (Å²) in [5, 5.41) is 22.8. The van der Waals surface area contributed by atoms with Crippen molar-refractivity contribution in [2.75, 3.05) is 0 Å². The molecule has 0 saturated carbocycles. The average Bonchev–Trinajstić information content (AvgIpc) is 3.00. The number of aromatic amines is 1. The Kier molecular flexibility index (Phi) is 3.20. The average molecular weight is 311 g/mol. The summed E-state index contributed by atoms with van der Waals surface area (Å²) >= 11 is 12.4. The molecule has 0 fully saturated rings. The van der Waals surface area contributed by atoms with Gasteiger partial charge in [0.2, 0.25) is 0 Å². The van der Waals surface area contributed by atoms with E-state index in [1.807, 2.05) is 19.3 Å². The second kappa shape index (κ2) is 4.77. The summed E-state index contributed by atoms with van der Waals surface area (Å²) in [5.74, 6) is 0. The third-order valence-corrected chi connectivity index (χ3v) is 3.94. The van der Waals surface area contributed by atoms with Gasteiger partial charge in [-0.05, 0) is 19.1 Å². The van der Waals surface area contributed by atoms with E-state index >= 15 is 0 Å². The van der Waals surface area contributed by atoms with E-state index in [-0.39, 0.29) is 0 Å². The molecule has 0 amide bonds. The van der Waals surface area contributed by atoms with Crippen molar-refractivity contribution in [3.63, 3.8) is 0 Å². The summed E-state index contributed by atoms with van der Waals surface area (Å²) in [5.41, 5.74) is 2.67. The summed E-state index contributed by atoms with van der Waals surface area (Å²) in [6.07, 6.45) is 1.12. The number of hydrogen-bond donors (Lipinski definition) is 2. The van der Waals surface area contributed by atoms with E-state index < -0.39 is 6.10 Å². The molecule has 2 heterocycles. The van der Waals surface area contributed by atoms with Gasteiger partial charge in [0.05, 0.1) is 33.1 Å². The molecule has 0 saturated heterocycles. The first-order valence-corrected chi connectivity index (χ1v) is 6.78. The second-order valence-corrected chi connectivity index (χ2v) is 5.41. The highest BCUT2D eigenvalue weighted by Gasteiger charge is 2.20. The fourth-order valence-electron chi connectivity index (χ4n) is 2.23. The summed E-state index contributed by atoms with van der Waals surface area (Å²) in [4.78, 5) is 0. The van der Waals surface area contributed by atoms with E-state index in [1.54, 1.807) is 17.7 Å². The number of nitrogens with one attached hydrogen (secondary N) is 1. The summed E-state index contributed by atoms with van der Waals surface area (Å²) in [6.45, 7) is 1.65. The molecule has 5 nitrogen and oxygen atoms in total. The van der Waals surface area contributed by atoms with E-state index in [1.165, 1.54) is 0 Å². The van der Waals surface area contributed by atoms with Gasteiger partial charge in [0.1, 0.15) is 0 Å². The molecule has 7 heteroatoms. The zero-order valence-corrected chi connectivity index (χ0v) is 12.4. The fourth-order valence-corrected chi connectivity index (χ4v) is 2.63. The molecule has 0 aliphatic carbocycles. The van der Waals surface area contributed by atoms with E-state index in [0.717, 1.165) is 16.6 Å². The molecule has 20 heavy (non-hydrogen) atoms. The maximum atomic E-state index is 9.86. The van der Waals surface area contributed by atoms with Crippen LogP contribution in [-0.2, 0) is 7.05 Å². The molecule has 0 spiro atoms. The van der Waals surface area contributed by atoms with Gasteiger partial charge in [0, 0.05) is 24.2 Å². The number of aromatic nitrogens is 4. The van der Waals surface area contributed by atoms with Crippen LogP contribution in [0.2, 0.25) is 10.0 Å². The number of H-pyrrole nitrogens is 1. The Hall–Kier alpha value is -1.56. The number of fused-ring (bicyclic) bond motifs is 1. The number of aliphatic hydroxyl groups is 1. The van der Waals surface area contributed by atoms with E-state index in [2.05, 4.69) is 15.3 Å². The molecular formula is C13H12Cl2N4O. The van der Waals surface area contributed by atoms with Gasteiger partial charge in [-0.15, -0.1) is 0 Å². The van der Waals surface area contributed by atoms with Crippen LogP contribution in [0.3, 0.4) is 0 Å². The largest absolute Gasteiger partial charge is 0.387 e. The van der Waals surface area contributed by atoms with Crippen LogP contribution in [0.5, 0.6) is 0 Å². The second-order valence-electron chi connectivity index (χ2n) is 4.63. The number of aryl methyl sites for hydroxylation is 1. The minimum Gasteiger partial charge on any atom is -0.387 e. The van der Waals surface area contributed by atoms with Crippen LogP contribution in [-0.4, -0.2) is 25.1 Å². The fraction of sp³-hybridized carbons (Fsp3) is 0.231. The highest BCUT2D eigenvalue weighted by atomic mass is 35.5. The van der Waals surface area contributed by atoms with Gasteiger partial charge in [0.25, 0.3) is 0 Å². The van der Waals surface area contributed by atoms with Crippen LogP contribution in [0.25, 0.3) is 22.2 Å². The molecule has 1 unspecified atom stereocenters. The highest BCUT2D eigenvalue weighted by molar-refractivity contribution is 6.45. The predicted octanol–water partition coefficient (Wildman–Crippen LogP) is 3.32. The van der Waals surface area contributed by atoms with Crippen molar-refractivity contribution < 1.29 is 5.11 Å². The van der Waals surface area contributed by atoms with Crippen LogP contribution in [0, 0.1) is 0 Å². The van der Waals surface area contributed by atoms with Crippen LogP contribution in [0.1, 0.15) is 18.7 Å². The number of halogens is 2. The van der Waals surface area contributed by atoms with Crippen molar-refractivity contribution in [2.24, 2.45) is 7.05 Å². The molecular weight excluding hydrogens is 299 g/mol. The van der Waals surface area contributed by atoms with Crippen LogP contribution >= 0.6 is 23.2 Å². The lowest BCUT2D eigenvalue weighted by Gasteiger charge is -2.07. The van der Waals surface area contributed by atoms with Crippen molar-refractivity contribution in [2.45, 2.75) is 13.0 Å². The van der Waals surface area contributed by atoms with Gasteiger partial charge in [0.15, 0.2) is 0 Å². The van der Waals surface area contributed by atoms with Crippen molar-refractivity contribution >= 4 is 34.1 Å². The molecule has 0 aliphatic rings. The Labute approximate surface area is 125 Å². The summed E-state index contributed by atoms with van der Waals surface area (Å²) < 4.78 is 1.70. The molecule has 104 valence electrons. The third-order valence-electron chi connectivity index (χ3n) is 3.15. The first-order valence-electron chi connectivity index (χ1n) is 6.03. The monoisotopic (exact) mass is 310 g/mol. The Morgan fingerprint density at radius 2 is 2.15 bits per heavy atom. The predicted molar refractivity (Wildman–Crippen MR) is 78.9 cm³/mol. The number of benzene rings is 1. The first-order chi connectivity index (χ1) is 9.49. The van der Waals surface area contributed by atoms with Gasteiger partial charge < -0.3 is 5.11 Å². The summed E-state index contributed by atoms with van der Waals surface area (Å²) in [6, 6.07) is 3.62. The summed E-state index contributed by atoms with van der Waals surface area (Å²) in [7, 11) is 1.84. The van der Waals surface area contributed by atoms with Gasteiger partial charge in [-0.25, -0.2) is 0 Å². The molecule has 3 rings (SSSR count). The van der Waals surface area contributed by atoms with Gasteiger partial charge in [-0.1, -0.05) is 23.2 Å². The third kappa shape index (κ3) is 1.98. The number of aliphatic hydroxyl groups excluding tert-OH is 1. The topological polar surface area (TPSA) is 66.7 Å². The zero-order valence-electron chi connectivity index (χ0n) is 10.9. The lowest BCUT2D eigenvalue weighted by molar-refractivity contribution is 0.195. The van der Waals surface area contributed by atoms with Crippen LogP contribution in [0.4, 0.5) is 0 Å². The molecule has 3 aromatic rings. The lowest BCUT2D eigenvalue weighted by Crippen LogP contribution is -1.94. The van der Waals surface area contributed by atoms with Gasteiger partial charge >= 0.3 is 0 Å².